The average molecular weight is 254 g/mol. The Kier molecular flexibility index (Phi) is 6.87. The summed E-state index contributed by atoms with van der Waals surface area (Å²) in [4.78, 5) is 15.2. The Bertz CT molecular complexity index is 285. The molecule has 1 saturated carbocycles. The van der Waals surface area contributed by atoms with Crippen molar-refractivity contribution in [2.75, 3.05) is 5.88 Å². The number of pyridine rings is 1. The molecule has 3 heteroatoms. The maximum Gasteiger partial charge on any atom is 0.140 e. The lowest BCUT2D eigenvalue weighted by molar-refractivity contribution is -0.123. The number of hydrogen-bond acceptors (Lipinski definition) is 2. The molecule has 0 saturated heterocycles. The SMILES string of the molecule is CCCC(CCl)C(=O)C1CC1.c1ccncc1. The average Bonchev–Trinajstić information content (AvgIpc) is 3.22. The summed E-state index contributed by atoms with van der Waals surface area (Å²) < 4.78 is 0. The zero-order valence-electron chi connectivity index (χ0n) is 10.3. The van der Waals surface area contributed by atoms with Crippen LogP contribution in [0.15, 0.2) is 30.6 Å². The molecule has 1 aliphatic carbocycles. The van der Waals surface area contributed by atoms with Gasteiger partial charge >= 0.3 is 0 Å². The molecule has 1 fully saturated rings. The molecule has 1 aromatic rings. The molecule has 1 unspecified atom stereocenters. The number of carbonyl (C=O) groups excluding carboxylic acids is 1. The first-order chi connectivity index (χ1) is 8.29. The fraction of sp³-hybridized carbons (Fsp3) is 0.571. The lowest BCUT2D eigenvalue weighted by Crippen LogP contribution is -2.17. The van der Waals surface area contributed by atoms with Crippen molar-refractivity contribution in [3.8, 4) is 0 Å². The number of ketones is 1. The summed E-state index contributed by atoms with van der Waals surface area (Å²) in [5.74, 6) is 1.46. The predicted octanol–water partition coefficient (Wildman–Crippen LogP) is 3.70. The van der Waals surface area contributed by atoms with E-state index in [0.29, 0.717) is 17.6 Å². The number of nitrogens with zero attached hydrogens (tertiary/aromatic N) is 1. The molecule has 2 nitrogen and oxygen atoms in total. The third kappa shape index (κ3) is 5.83. The Morgan fingerprint density at radius 3 is 2.29 bits per heavy atom. The predicted molar refractivity (Wildman–Crippen MR) is 71.1 cm³/mol. The van der Waals surface area contributed by atoms with Crippen LogP contribution in [0, 0.1) is 11.8 Å². The number of hydrogen-bond donors (Lipinski definition) is 0. The standard InChI is InChI=1S/C9H15ClO.C5H5N/c1-2-3-8(6-10)9(11)7-4-5-7;1-2-4-6-5-3-1/h7-8H,2-6H2,1H3;1-5H. The summed E-state index contributed by atoms with van der Waals surface area (Å²) in [5.41, 5.74) is 0. The summed E-state index contributed by atoms with van der Waals surface area (Å²) in [6.07, 6.45) is 7.75. The van der Waals surface area contributed by atoms with Crippen LogP contribution in [-0.4, -0.2) is 16.6 Å². The molecule has 1 heterocycles. The molecular weight excluding hydrogens is 234 g/mol. The summed E-state index contributed by atoms with van der Waals surface area (Å²) in [6.45, 7) is 2.10. The van der Waals surface area contributed by atoms with Gasteiger partial charge in [-0.1, -0.05) is 19.4 Å². The first kappa shape index (κ1) is 14.2. The molecule has 0 N–H and O–H groups in total. The van der Waals surface area contributed by atoms with E-state index in [-0.39, 0.29) is 5.92 Å². The second kappa shape index (κ2) is 8.24. The first-order valence-electron chi connectivity index (χ1n) is 6.24. The zero-order valence-corrected chi connectivity index (χ0v) is 11.1. The topological polar surface area (TPSA) is 30.0 Å². The lowest BCUT2D eigenvalue weighted by Gasteiger charge is -2.09. The van der Waals surface area contributed by atoms with Crippen molar-refractivity contribution in [1.29, 1.82) is 0 Å². The smallest absolute Gasteiger partial charge is 0.140 e. The van der Waals surface area contributed by atoms with E-state index in [9.17, 15) is 4.79 Å². The molecule has 0 radical (unpaired) electrons. The monoisotopic (exact) mass is 253 g/mol. The quantitative estimate of drug-likeness (QED) is 0.749. The van der Waals surface area contributed by atoms with Crippen molar-refractivity contribution in [3.05, 3.63) is 30.6 Å². The van der Waals surface area contributed by atoms with Gasteiger partial charge in [0.1, 0.15) is 5.78 Å². The molecule has 1 aliphatic rings. The van der Waals surface area contributed by atoms with Gasteiger partial charge in [0.15, 0.2) is 0 Å². The minimum Gasteiger partial charge on any atom is -0.299 e. The molecule has 0 spiro atoms. The van der Waals surface area contributed by atoms with Crippen LogP contribution in [-0.2, 0) is 4.79 Å². The minimum atomic E-state index is 0.147. The molecule has 1 aromatic heterocycles. The molecule has 0 bridgehead atoms. The summed E-state index contributed by atoms with van der Waals surface area (Å²) in [5, 5.41) is 0. The molecule has 1 atom stereocenters. The van der Waals surface area contributed by atoms with Crippen molar-refractivity contribution in [2.45, 2.75) is 32.6 Å². The fourth-order valence-electron chi connectivity index (χ4n) is 1.66. The van der Waals surface area contributed by atoms with E-state index in [0.717, 1.165) is 25.7 Å². The fourth-order valence-corrected chi connectivity index (χ4v) is 1.96. The highest BCUT2D eigenvalue weighted by Crippen LogP contribution is 2.33. The Morgan fingerprint density at radius 2 is 2.00 bits per heavy atom. The second-order valence-corrected chi connectivity index (χ2v) is 4.65. The largest absolute Gasteiger partial charge is 0.299 e. The van der Waals surface area contributed by atoms with Crippen LogP contribution in [0.4, 0.5) is 0 Å². The number of rotatable bonds is 5. The van der Waals surface area contributed by atoms with E-state index in [1.54, 1.807) is 12.4 Å². The molecule has 2 rings (SSSR count). The Morgan fingerprint density at radius 1 is 1.35 bits per heavy atom. The van der Waals surface area contributed by atoms with E-state index < -0.39 is 0 Å². The maximum atomic E-state index is 11.4. The van der Waals surface area contributed by atoms with Gasteiger partial charge in [-0.05, 0) is 31.4 Å². The van der Waals surface area contributed by atoms with Crippen LogP contribution >= 0.6 is 11.6 Å². The Labute approximate surface area is 108 Å². The van der Waals surface area contributed by atoms with Crippen molar-refractivity contribution >= 4 is 17.4 Å². The normalized spacial score (nSPS) is 15.6. The van der Waals surface area contributed by atoms with Crippen LogP contribution in [0.3, 0.4) is 0 Å². The van der Waals surface area contributed by atoms with Crippen molar-refractivity contribution in [1.82, 2.24) is 4.98 Å². The Balaban J connectivity index is 0.000000202. The van der Waals surface area contributed by atoms with Crippen LogP contribution < -0.4 is 0 Å². The third-order valence-corrected chi connectivity index (χ3v) is 3.14. The number of halogens is 1. The van der Waals surface area contributed by atoms with Gasteiger partial charge in [-0.2, -0.15) is 0 Å². The highest BCUT2D eigenvalue weighted by atomic mass is 35.5. The zero-order chi connectivity index (χ0) is 12.5. The summed E-state index contributed by atoms with van der Waals surface area (Å²) >= 11 is 5.69. The van der Waals surface area contributed by atoms with E-state index in [1.807, 2.05) is 18.2 Å². The summed E-state index contributed by atoms with van der Waals surface area (Å²) in [6, 6.07) is 5.72. The molecule has 0 aliphatic heterocycles. The molecular formula is C14H20ClNO. The second-order valence-electron chi connectivity index (χ2n) is 4.34. The van der Waals surface area contributed by atoms with Crippen molar-refractivity contribution in [2.24, 2.45) is 11.8 Å². The van der Waals surface area contributed by atoms with Gasteiger partial charge in [-0.25, -0.2) is 0 Å². The molecule has 0 aromatic carbocycles. The van der Waals surface area contributed by atoms with Gasteiger partial charge in [0, 0.05) is 30.1 Å². The highest BCUT2D eigenvalue weighted by Gasteiger charge is 2.33. The highest BCUT2D eigenvalue weighted by molar-refractivity contribution is 6.19. The molecule has 94 valence electrons. The van der Waals surface area contributed by atoms with Gasteiger partial charge in [0.25, 0.3) is 0 Å². The Hall–Kier alpha value is -0.890. The van der Waals surface area contributed by atoms with Gasteiger partial charge in [0.2, 0.25) is 0 Å². The molecule has 0 amide bonds. The van der Waals surface area contributed by atoms with E-state index in [1.165, 1.54) is 0 Å². The van der Waals surface area contributed by atoms with Crippen molar-refractivity contribution in [3.63, 3.8) is 0 Å². The summed E-state index contributed by atoms with van der Waals surface area (Å²) in [7, 11) is 0. The van der Waals surface area contributed by atoms with Gasteiger partial charge < -0.3 is 0 Å². The third-order valence-electron chi connectivity index (χ3n) is 2.77. The lowest BCUT2D eigenvalue weighted by atomic mass is 9.98. The van der Waals surface area contributed by atoms with Crippen molar-refractivity contribution < 1.29 is 4.79 Å². The van der Waals surface area contributed by atoms with Crippen LogP contribution in [0.5, 0.6) is 0 Å². The van der Waals surface area contributed by atoms with Crippen LogP contribution in [0.1, 0.15) is 32.6 Å². The first-order valence-corrected chi connectivity index (χ1v) is 6.77. The van der Waals surface area contributed by atoms with Gasteiger partial charge in [0.05, 0.1) is 0 Å². The number of alkyl halides is 1. The van der Waals surface area contributed by atoms with E-state index >= 15 is 0 Å². The van der Waals surface area contributed by atoms with Gasteiger partial charge in [-0.15, -0.1) is 11.6 Å². The number of Topliss-reactive ketones (excluding diaryl/α,β-unsaturated/α-hetero) is 1. The maximum absolute atomic E-state index is 11.4. The number of carbonyl (C=O) groups is 1. The van der Waals surface area contributed by atoms with E-state index in [2.05, 4.69) is 11.9 Å². The van der Waals surface area contributed by atoms with E-state index in [4.69, 9.17) is 11.6 Å². The number of aromatic nitrogens is 1. The van der Waals surface area contributed by atoms with Crippen LogP contribution in [0.25, 0.3) is 0 Å². The molecule has 17 heavy (non-hydrogen) atoms. The minimum absolute atomic E-state index is 0.147. The van der Waals surface area contributed by atoms with Crippen LogP contribution in [0.2, 0.25) is 0 Å². The van der Waals surface area contributed by atoms with Gasteiger partial charge in [-0.3, -0.25) is 9.78 Å².